The number of morpholine rings is 1. The Morgan fingerprint density at radius 2 is 1.85 bits per heavy atom. The second kappa shape index (κ2) is 11.4. The molecular formula is C25H31N3O4S2. The highest BCUT2D eigenvalue weighted by atomic mass is 32.2. The van der Waals surface area contributed by atoms with Crippen LogP contribution in [0.3, 0.4) is 0 Å². The van der Waals surface area contributed by atoms with Gasteiger partial charge in [-0.25, -0.2) is 13.4 Å². The Hall–Kier alpha value is -2.30. The predicted molar refractivity (Wildman–Crippen MR) is 134 cm³/mol. The molecule has 7 nitrogen and oxygen atoms in total. The fourth-order valence-electron chi connectivity index (χ4n) is 3.74. The number of thiazole rings is 1. The molecule has 34 heavy (non-hydrogen) atoms. The smallest absolute Gasteiger partial charge is 0.243 e. The van der Waals surface area contributed by atoms with Gasteiger partial charge >= 0.3 is 0 Å². The number of ether oxygens (including phenoxy) is 2. The van der Waals surface area contributed by atoms with Crippen LogP contribution in [0.15, 0.2) is 58.8 Å². The first-order valence-corrected chi connectivity index (χ1v) is 13.7. The third kappa shape index (κ3) is 6.64. The monoisotopic (exact) mass is 501 g/mol. The summed E-state index contributed by atoms with van der Waals surface area (Å²) in [7, 11) is -3.66. The molecule has 0 N–H and O–H groups in total. The van der Waals surface area contributed by atoms with Crippen LogP contribution in [0.1, 0.15) is 21.8 Å². The Morgan fingerprint density at radius 1 is 1.09 bits per heavy atom. The van der Waals surface area contributed by atoms with Gasteiger partial charge in [0.2, 0.25) is 10.0 Å². The van der Waals surface area contributed by atoms with Gasteiger partial charge in [0.25, 0.3) is 0 Å². The average molecular weight is 502 g/mol. The number of aromatic nitrogens is 1. The highest BCUT2D eigenvalue weighted by Gasteiger charge is 2.26. The minimum absolute atomic E-state index is 0.224. The van der Waals surface area contributed by atoms with Crippen molar-refractivity contribution in [3.63, 3.8) is 0 Å². The largest absolute Gasteiger partial charge is 0.486 e. The molecule has 0 saturated carbocycles. The van der Waals surface area contributed by atoms with E-state index in [9.17, 15) is 8.42 Å². The molecule has 1 aromatic heterocycles. The summed E-state index contributed by atoms with van der Waals surface area (Å²) in [5.74, 6) is 0.797. The van der Waals surface area contributed by atoms with E-state index in [1.807, 2.05) is 55.6 Å². The molecule has 0 spiro atoms. The second-order valence-electron chi connectivity index (χ2n) is 8.44. The van der Waals surface area contributed by atoms with Crippen molar-refractivity contribution >= 4 is 21.4 Å². The van der Waals surface area contributed by atoms with E-state index in [1.165, 1.54) is 15.6 Å². The molecule has 1 saturated heterocycles. The summed E-state index contributed by atoms with van der Waals surface area (Å²) in [5, 5.41) is 2.73. The summed E-state index contributed by atoms with van der Waals surface area (Å²) in [5.41, 5.74) is 2.89. The van der Waals surface area contributed by atoms with Gasteiger partial charge in [0.05, 0.1) is 30.3 Å². The summed E-state index contributed by atoms with van der Waals surface area (Å²) < 4.78 is 39.8. The first-order chi connectivity index (χ1) is 16.4. The van der Waals surface area contributed by atoms with Gasteiger partial charge in [0.15, 0.2) is 0 Å². The fraction of sp³-hybridized carbons (Fsp3) is 0.400. The van der Waals surface area contributed by atoms with Gasteiger partial charge in [-0.15, -0.1) is 11.3 Å². The molecular weight excluding hydrogens is 470 g/mol. The SMILES string of the molecule is Cc1ccc(S(=O)(=O)N(CCN2CCOCC2)Cc2csc(COc3cccc(C)c3)n2)cc1. The van der Waals surface area contributed by atoms with E-state index >= 15 is 0 Å². The number of aryl methyl sites for hydroxylation is 2. The van der Waals surface area contributed by atoms with E-state index in [0.29, 0.717) is 37.8 Å². The first kappa shape index (κ1) is 24.8. The maximum atomic E-state index is 13.5. The lowest BCUT2D eigenvalue weighted by molar-refractivity contribution is 0.0361. The minimum Gasteiger partial charge on any atom is -0.486 e. The highest BCUT2D eigenvalue weighted by Crippen LogP contribution is 2.21. The molecule has 182 valence electrons. The normalized spacial score (nSPS) is 15.0. The molecule has 0 aliphatic carbocycles. The topological polar surface area (TPSA) is 72.0 Å². The van der Waals surface area contributed by atoms with Crippen LogP contribution in [0.5, 0.6) is 5.75 Å². The molecule has 9 heteroatoms. The summed E-state index contributed by atoms with van der Waals surface area (Å²) >= 11 is 1.48. The van der Waals surface area contributed by atoms with E-state index in [0.717, 1.165) is 40.7 Å². The molecule has 1 aliphatic rings. The molecule has 3 aromatic rings. The molecule has 0 radical (unpaired) electrons. The van der Waals surface area contributed by atoms with Crippen LogP contribution in [0.25, 0.3) is 0 Å². The highest BCUT2D eigenvalue weighted by molar-refractivity contribution is 7.89. The van der Waals surface area contributed by atoms with Gasteiger partial charge in [-0.2, -0.15) is 4.31 Å². The molecule has 1 aliphatic heterocycles. The van der Waals surface area contributed by atoms with Crippen LogP contribution in [0.2, 0.25) is 0 Å². The fourth-order valence-corrected chi connectivity index (χ4v) is 5.84. The maximum absolute atomic E-state index is 13.5. The van der Waals surface area contributed by atoms with Crippen molar-refractivity contribution in [2.24, 2.45) is 0 Å². The van der Waals surface area contributed by atoms with E-state index in [2.05, 4.69) is 9.88 Å². The summed E-state index contributed by atoms with van der Waals surface area (Å²) in [6.07, 6.45) is 0. The molecule has 0 bridgehead atoms. The number of hydrogen-bond acceptors (Lipinski definition) is 7. The van der Waals surface area contributed by atoms with Crippen LogP contribution in [0, 0.1) is 13.8 Å². The zero-order valence-electron chi connectivity index (χ0n) is 19.6. The van der Waals surface area contributed by atoms with Gasteiger partial charge in [0, 0.05) is 31.6 Å². The lowest BCUT2D eigenvalue weighted by Gasteiger charge is -2.29. The number of rotatable bonds is 10. The minimum atomic E-state index is -3.66. The number of hydrogen-bond donors (Lipinski definition) is 0. The van der Waals surface area contributed by atoms with Gasteiger partial charge in [0.1, 0.15) is 17.4 Å². The van der Waals surface area contributed by atoms with Crippen molar-refractivity contribution in [3.8, 4) is 5.75 Å². The van der Waals surface area contributed by atoms with Gasteiger partial charge in [-0.05, 0) is 43.7 Å². The molecule has 0 atom stereocenters. The lowest BCUT2D eigenvalue weighted by Crippen LogP contribution is -2.42. The van der Waals surface area contributed by atoms with Crippen LogP contribution in [-0.2, 0) is 27.9 Å². The Kier molecular flexibility index (Phi) is 8.33. The number of nitrogens with zero attached hydrogens (tertiary/aromatic N) is 3. The standard InChI is InChI=1S/C25H31N3O4S2/c1-20-6-8-24(9-7-20)34(29,30)28(11-10-27-12-14-31-15-13-27)17-22-19-33-25(26-22)18-32-23-5-3-4-21(2)16-23/h3-9,16,19H,10-15,17-18H2,1-2H3. The van der Waals surface area contributed by atoms with Crippen molar-refractivity contribution in [2.75, 3.05) is 39.4 Å². The van der Waals surface area contributed by atoms with Crippen molar-refractivity contribution in [1.29, 1.82) is 0 Å². The zero-order chi connectivity index (χ0) is 24.0. The van der Waals surface area contributed by atoms with Crippen molar-refractivity contribution < 1.29 is 17.9 Å². The molecule has 2 heterocycles. The van der Waals surface area contributed by atoms with E-state index in [4.69, 9.17) is 9.47 Å². The third-order valence-corrected chi connectivity index (χ3v) is 8.45. The molecule has 0 unspecified atom stereocenters. The molecule has 0 amide bonds. The number of benzene rings is 2. The summed E-state index contributed by atoms with van der Waals surface area (Å²) in [6, 6.07) is 14.9. The maximum Gasteiger partial charge on any atom is 0.243 e. The first-order valence-electron chi connectivity index (χ1n) is 11.4. The van der Waals surface area contributed by atoms with Crippen LogP contribution in [-0.4, -0.2) is 62.0 Å². The summed E-state index contributed by atoms with van der Waals surface area (Å²) in [4.78, 5) is 7.20. The Morgan fingerprint density at radius 3 is 2.59 bits per heavy atom. The quantitative estimate of drug-likeness (QED) is 0.420. The third-order valence-electron chi connectivity index (χ3n) is 5.72. The number of sulfonamides is 1. The zero-order valence-corrected chi connectivity index (χ0v) is 21.3. The predicted octanol–water partition coefficient (Wildman–Crippen LogP) is 3.86. The van der Waals surface area contributed by atoms with Crippen LogP contribution < -0.4 is 4.74 Å². The van der Waals surface area contributed by atoms with Crippen molar-refractivity contribution in [2.45, 2.75) is 31.9 Å². The van der Waals surface area contributed by atoms with E-state index in [1.54, 1.807) is 12.1 Å². The van der Waals surface area contributed by atoms with Crippen LogP contribution in [0.4, 0.5) is 0 Å². The summed E-state index contributed by atoms with van der Waals surface area (Å²) in [6.45, 7) is 8.59. The Bertz CT molecular complexity index is 1170. The van der Waals surface area contributed by atoms with Gasteiger partial charge in [-0.3, -0.25) is 4.90 Å². The lowest BCUT2D eigenvalue weighted by atomic mass is 10.2. The molecule has 1 fully saturated rings. The van der Waals surface area contributed by atoms with E-state index < -0.39 is 10.0 Å². The second-order valence-corrected chi connectivity index (χ2v) is 11.3. The Balaban J connectivity index is 1.46. The van der Waals surface area contributed by atoms with E-state index in [-0.39, 0.29) is 6.54 Å². The average Bonchev–Trinajstić information content (AvgIpc) is 3.29. The Labute approximate surface area is 206 Å². The van der Waals surface area contributed by atoms with Crippen molar-refractivity contribution in [1.82, 2.24) is 14.2 Å². The van der Waals surface area contributed by atoms with Gasteiger partial charge in [-0.1, -0.05) is 29.8 Å². The van der Waals surface area contributed by atoms with Crippen LogP contribution >= 0.6 is 11.3 Å². The molecule has 4 rings (SSSR count). The van der Waals surface area contributed by atoms with Crippen molar-refractivity contribution in [3.05, 3.63) is 75.7 Å². The molecule has 2 aromatic carbocycles. The van der Waals surface area contributed by atoms with Gasteiger partial charge < -0.3 is 9.47 Å².